The van der Waals surface area contributed by atoms with Crippen LogP contribution in [0.3, 0.4) is 0 Å². The zero-order chi connectivity index (χ0) is 20.7. The number of ketones is 1. The molecule has 0 aliphatic heterocycles. The normalized spacial score (nSPS) is 12.4. The summed E-state index contributed by atoms with van der Waals surface area (Å²) in [7, 11) is -2.64. The Morgan fingerprint density at radius 1 is 1.07 bits per heavy atom. The summed E-state index contributed by atoms with van der Waals surface area (Å²) in [6.45, 7) is -0.363. The van der Waals surface area contributed by atoms with Crippen molar-refractivity contribution in [2.75, 3.05) is 13.7 Å². The molecule has 3 aromatic rings. The maximum Gasteiger partial charge on any atom is 0.381 e. The van der Waals surface area contributed by atoms with Crippen LogP contribution in [0, 0.1) is 0 Å². The number of nitrogens with zero attached hydrogens (tertiary/aromatic N) is 2. The van der Waals surface area contributed by atoms with Gasteiger partial charge in [-0.2, -0.15) is 13.5 Å². The molecule has 0 amide bonds. The Morgan fingerprint density at radius 2 is 1.79 bits per heavy atom. The number of methoxy groups -OCH3 is 1. The van der Waals surface area contributed by atoms with Crippen molar-refractivity contribution in [2.24, 2.45) is 0 Å². The lowest BCUT2D eigenvalue weighted by Crippen LogP contribution is -2.32. The Balaban J connectivity index is 1.75. The van der Waals surface area contributed by atoms with Crippen LogP contribution in [0.25, 0.3) is 0 Å². The summed E-state index contributed by atoms with van der Waals surface area (Å²) in [4.78, 5) is 12.9. The predicted octanol–water partition coefficient (Wildman–Crippen LogP) is 2.47. The van der Waals surface area contributed by atoms with E-state index in [-0.39, 0.29) is 6.61 Å². The average molecular weight is 416 g/mol. The van der Waals surface area contributed by atoms with Gasteiger partial charge in [0.1, 0.15) is 18.5 Å². The van der Waals surface area contributed by atoms with Crippen molar-refractivity contribution in [1.29, 1.82) is 0 Å². The van der Waals surface area contributed by atoms with Gasteiger partial charge in [-0.05, 0) is 35.9 Å². The highest BCUT2D eigenvalue weighted by Crippen LogP contribution is 2.16. The number of hydrogen-bond acceptors (Lipinski definition) is 7. The van der Waals surface area contributed by atoms with E-state index in [1.807, 2.05) is 30.3 Å². The molecule has 0 aliphatic carbocycles. The van der Waals surface area contributed by atoms with E-state index >= 15 is 0 Å². The van der Waals surface area contributed by atoms with Crippen LogP contribution >= 0.6 is 0 Å². The second-order valence-electron chi connectivity index (χ2n) is 6.00. The van der Waals surface area contributed by atoms with Crippen molar-refractivity contribution >= 4 is 16.1 Å². The van der Waals surface area contributed by atoms with Gasteiger partial charge in [0.25, 0.3) is 0 Å². The van der Waals surface area contributed by atoms with Crippen LogP contribution in [0.15, 0.2) is 73.1 Å². The number of ether oxygens (including phenoxy) is 2. The summed E-state index contributed by atoms with van der Waals surface area (Å²) in [6, 6.07) is 17.1. The lowest BCUT2D eigenvalue weighted by Gasteiger charge is -2.17. The Bertz CT molecular complexity index is 1020. The first-order chi connectivity index (χ1) is 14.0. The number of carbonyl (C=O) groups is 1. The third kappa shape index (κ3) is 5.50. The molecule has 0 spiro atoms. The van der Waals surface area contributed by atoms with Crippen molar-refractivity contribution in [3.8, 4) is 5.75 Å². The van der Waals surface area contributed by atoms with E-state index < -0.39 is 28.8 Å². The first-order valence-corrected chi connectivity index (χ1v) is 10.1. The number of carbonyl (C=O) groups excluding carboxylic acids is 1. The van der Waals surface area contributed by atoms with Gasteiger partial charge in [-0.25, -0.2) is 4.18 Å². The van der Waals surface area contributed by atoms with Crippen LogP contribution in [0.5, 0.6) is 5.75 Å². The summed E-state index contributed by atoms with van der Waals surface area (Å²) in [5.41, 5.74) is 1.19. The van der Waals surface area contributed by atoms with E-state index in [2.05, 4.69) is 5.10 Å². The Morgan fingerprint density at radius 3 is 2.41 bits per heavy atom. The molecule has 0 bridgehead atoms. The standard InChI is InChI=1S/C20H20N2O6S/c1-26-18-10-8-17(9-11-18)20(23)19(27-14-16-6-3-2-4-7-16)15-28-29(24,25)22-13-5-12-21-22/h2-13,19H,14-15H2,1H3/t19-/m0/s1. The molecule has 1 atom stereocenters. The average Bonchev–Trinajstić information content (AvgIpc) is 3.30. The number of rotatable bonds is 10. The molecular formula is C20H20N2O6S. The largest absolute Gasteiger partial charge is 0.497 e. The molecule has 0 saturated carbocycles. The molecule has 0 N–H and O–H groups in total. The zero-order valence-corrected chi connectivity index (χ0v) is 16.5. The highest BCUT2D eigenvalue weighted by Gasteiger charge is 2.25. The fourth-order valence-corrected chi connectivity index (χ4v) is 3.29. The first kappa shape index (κ1) is 20.7. The number of benzene rings is 2. The first-order valence-electron chi connectivity index (χ1n) is 8.73. The van der Waals surface area contributed by atoms with Gasteiger partial charge in [-0.15, -0.1) is 4.09 Å². The lowest BCUT2D eigenvalue weighted by molar-refractivity contribution is 0.0149. The quantitative estimate of drug-likeness (QED) is 0.468. The maximum atomic E-state index is 12.9. The van der Waals surface area contributed by atoms with Gasteiger partial charge in [0.05, 0.1) is 19.9 Å². The minimum absolute atomic E-state index is 0.124. The lowest BCUT2D eigenvalue weighted by atomic mass is 10.1. The summed E-state index contributed by atoms with van der Waals surface area (Å²) in [5.74, 6) is 0.195. The second kappa shape index (κ2) is 9.46. The molecule has 8 nitrogen and oxygen atoms in total. The van der Waals surface area contributed by atoms with Gasteiger partial charge in [-0.3, -0.25) is 4.79 Å². The molecule has 152 valence electrons. The molecule has 3 rings (SSSR count). The van der Waals surface area contributed by atoms with Gasteiger partial charge in [0, 0.05) is 11.8 Å². The topological polar surface area (TPSA) is 96.7 Å². The van der Waals surface area contributed by atoms with Crippen molar-refractivity contribution in [1.82, 2.24) is 9.19 Å². The van der Waals surface area contributed by atoms with E-state index in [0.717, 1.165) is 5.56 Å². The van der Waals surface area contributed by atoms with Crippen LogP contribution in [0.1, 0.15) is 15.9 Å². The highest BCUT2D eigenvalue weighted by atomic mass is 32.2. The minimum Gasteiger partial charge on any atom is -0.497 e. The molecule has 0 radical (unpaired) electrons. The Kier molecular flexibility index (Phi) is 6.76. The highest BCUT2D eigenvalue weighted by molar-refractivity contribution is 7.85. The summed E-state index contributed by atoms with van der Waals surface area (Å²) >= 11 is 0. The third-order valence-corrected chi connectivity index (χ3v) is 5.15. The van der Waals surface area contributed by atoms with Gasteiger partial charge in [0.2, 0.25) is 0 Å². The van der Waals surface area contributed by atoms with Crippen LogP contribution in [0.4, 0.5) is 0 Å². The van der Waals surface area contributed by atoms with Gasteiger partial charge in [0.15, 0.2) is 5.78 Å². The molecule has 2 aromatic carbocycles. The number of hydrogen-bond donors (Lipinski definition) is 0. The van der Waals surface area contributed by atoms with Crippen LogP contribution in [-0.4, -0.2) is 43.2 Å². The smallest absolute Gasteiger partial charge is 0.381 e. The minimum atomic E-state index is -4.17. The van der Waals surface area contributed by atoms with E-state index in [1.165, 1.54) is 25.6 Å². The molecule has 0 aliphatic rings. The van der Waals surface area contributed by atoms with Crippen LogP contribution in [-0.2, 0) is 25.8 Å². The molecular weight excluding hydrogens is 396 g/mol. The fraction of sp³-hybridized carbons (Fsp3) is 0.200. The second-order valence-corrected chi connectivity index (χ2v) is 7.46. The zero-order valence-electron chi connectivity index (χ0n) is 15.7. The third-order valence-electron chi connectivity index (χ3n) is 4.04. The Hall–Kier alpha value is -3.01. The van der Waals surface area contributed by atoms with E-state index in [0.29, 0.717) is 15.4 Å². The predicted molar refractivity (Wildman–Crippen MR) is 105 cm³/mol. The van der Waals surface area contributed by atoms with Crippen molar-refractivity contribution in [2.45, 2.75) is 12.7 Å². The molecule has 29 heavy (non-hydrogen) atoms. The van der Waals surface area contributed by atoms with Crippen molar-refractivity contribution in [3.63, 3.8) is 0 Å². The summed E-state index contributed by atoms with van der Waals surface area (Å²) < 4.78 is 40.9. The number of Topliss-reactive ketones (excluding diaryl/α,β-unsaturated/α-hetero) is 1. The molecule has 9 heteroatoms. The van der Waals surface area contributed by atoms with Crippen LogP contribution < -0.4 is 4.74 Å². The SMILES string of the molecule is COc1ccc(C(=O)[C@H](COS(=O)(=O)n2cccn2)OCc2ccccc2)cc1. The van der Waals surface area contributed by atoms with E-state index in [4.69, 9.17) is 13.7 Å². The molecule has 1 aromatic heterocycles. The molecule has 0 unspecified atom stereocenters. The van der Waals surface area contributed by atoms with Gasteiger partial charge in [-0.1, -0.05) is 30.3 Å². The maximum absolute atomic E-state index is 12.9. The summed E-state index contributed by atoms with van der Waals surface area (Å²) in [6.07, 6.45) is 1.42. The van der Waals surface area contributed by atoms with E-state index in [9.17, 15) is 13.2 Å². The fourth-order valence-electron chi connectivity index (χ4n) is 2.50. The van der Waals surface area contributed by atoms with Crippen LogP contribution in [0.2, 0.25) is 0 Å². The van der Waals surface area contributed by atoms with Crippen molar-refractivity contribution in [3.05, 3.63) is 84.2 Å². The summed E-state index contributed by atoms with van der Waals surface area (Å²) in [5, 5.41) is 3.65. The van der Waals surface area contributed by atoms with Gasteiger partial charge < -0.3 is 9.47 Å². The number of aromatic nitrogens is 2. The Labute approximate surface area is 168 Å². The molecule has 1 heterocycles. The molecule has 0 fully saturated rings. The van der Waals surface area contributed by atoms with E-state index in [1.54, 1.807) is 24.3 Å². The molecule has 0 saturated heterocycles. The monoisotopic (exact) mass is 416 g/mol. The van der Waals surface area contributed by atoms with Crippen molar-refractivity contribution < 1.29 is 26.9 Å². The van der Waals surface area contributed by atoms with Gasteiger partial charge >= 0.3 is 10.3 Å².